The molecule has 19 heavy (non-hydrogen) atoms. The second-order valence-electron chi connectivity index (χ2n) is 3.59. The number of halogens is 3. The highest BCUT2D eigenvalue weighted by molar-refractivity contribution is 5.73. The number of aryl methyl sites for hydroxylation is 1. The number of nitriles is 1. The molecule has 0 aliphatic rings. The molecular weight excluding hydrogens is 261 g/mol. The van der Waals surface area contributed by atoms with E-state index in [4.69, 9.17) is 20.9 Å². The number of aliphatic carboxylic acids is 1. The second kappa shape index (κ2) is 7.38. The van der Waals surface area contributed by atoms with Crippen LogP contribution in [0.4, 0.5) is 13.2 Å². The van der Waals surface area contributed by atoms with Crippen molar-refractivity contribution in [3.63, 3.8) is 0 Å². The van der Waals surface area contributed by atoms with E-state index in [2.05, 4.69) is 6.07 Å². The lowest BCUT2D eigenvalue weighted by Gasteiger charge is -2.03. The molecule has 1 aromatic rings. The van der Waals surface area contributed by atoms with Gasteiger partial charge in [-0.3, -0.25) is 0 Å². The molecule has 3 N–H and O–H groups in total. The number of alkyl halides is 3. The molecule has 1 rings (SSSR count). The van der Waals surface area contributed by atoms with Crippen LogP contribution in [-0.4, -0.2) is 23.8 Å². The zero-order valence-corrected chi connectivity index (χ0v) is 10.2. The largest absolute Gasteiger partial charge is 0.490 e. The van der Waals surface area contributed by atoms with Crippen LogP contribution in [0.1, 0.15) is 16.7 Å². The van der Waals surface area contributed by atoms with Crippen molar-refractivity contribution in [3.8, 4) is 6.07 Å². The minimum atomic E-state index is -5.08. The third-order valence-electron chi connectivity index (χ3n) is 2.13. The average molecular weight is 274 g/mol. The quantitative estimate of drug-likeness (QED) is 0.863. The number of rotatable bonds is 2. The highest BCUT2D eigenvalue weighted by Gasteiger charge is 2.38. The molecule has 0 unspecified atom stereocenters. The van der Waals surface area contributed by atoms with Gasteiger partial charge in [-0.2, -0.15) is 18.4 Å². The number of carbonyl (C=O) groups is 1. The van der Waals surface area contributed by atoms with E-state index in [0.29, 0.717) is 12.1 Å². The van der Waals surface area contributed by atoms with Crippen LogP contribution in [0.2, 0.25) is 0 Å². The Morgan fingerprint density at radius 1 is 1.47 bits per heavy atom. The van der Waals surface area contributed by atoms with Crippen molar-refractivity contribution in [2.75, 3.05) is 6.54 Å². The Balaban J connectivity index is 0.000000399. The standard InChI is InChI=1S/C10H12N2.C2HF3O2/c1-8-6-9(7-12)2-3-10(8)4-5-11;3-2(4,5)1(6)7/h2-3,6H,4-5,11H2,1H3;(H,6,7). The molecule has 0 radical (unpaired) electrons. The Labute approximate surface area is 108 Å². The van der Waals surface area contributed by atoms with Gasteiger partial charge < -0.3 is 10.8 Å². The van der Waals surface area contributed by atoms with Gasteiger partial charge >= 0.3 is 12.1 Å². The van der Waals surface area contributed by atoms with Crippen LogP contribution in [0.25, 0.3) is 0 Å². The van der Waals surface area contributed by atoms with Crippen LogP contribution >= 0.6 is 0 Å². The zero-order valence-electron chi connectivity index (χ0n) is 10.2. The van der Waals surface area contributed by atoms with E-state index < -0.39 is 12.1 Å². The molecule has 1 aromatic carbocycles. The highest BCUT2D eigenvalue weighted by atomic mass is 19.4. The van der Waals surface area contributed by atoms with Crippen molar-refractivity contribution < 1.29 is 23.1 Å². The molecule has 0 aromatic heterocycles. The maximum Gasteiger partial charge on any atom is 0.490 e. The van der Waals surface area contributed by atoms with E-state index in [1.807, 2.05) is 25.1 Å². The van der Waals surface area contributed by atoms with E-state index >= 15 is 0 Å². The minimum Gasteiger partial charge on any atom is -0.475 e. The Hall–Kier alpha value is -2.07. The highest BCUT2D eigenvalue weighted by Crippen LogP contribution is 2.13. The first-order valence-corrected chi connectivity index (χ1v) is 5.22. The number of hydrogen-bond acceptors (Lipinski definition) is 3. The van der Waals surface area contributed by atoms with E-state index in [0.717, 1.165) is 12.0 Å². The smallest absolute Gasteiger partial charge is 0.475 e. The van der Waals surface area contributed by atoms with Gasteiger partial charge in [0.05, 0.1) is 11.6 Å². The molecule has 0 fully saturated rings. The molecule has 0 aliphatic carbocycles. The van der Waals surface area contributed by atoms with Gasteiger partial charge in [-0.1, -0.05) is 6.07 Å². The average Bonchev–Trinajstić information content (AvgIpc) is 2.31. The molecule has 7 heteroatoms. The molecule has 0 saturated heterocycles. The van der Waals surface area contributed by atoms with E-state index in [1.165, 1.54) is 5.56 Å². The summed E-state index contributed by atoms with van der Waals surface area (Å²) in [6, 6.07) is 7.80. The molecule has 0 saturated carbocycles. The van der Waals surface area contributed by atoms with Crippen LogP contribution in [0.15, 0.2) is 18.2 Å². The summed E-state index contributed by atoms with van der Waals surface area (Å²) >= 11 is 0. The summed E-state index contributed by atoms with van der Waals surface area (Å²) in [5.74, 6) is -2.76. The number of nitrogens with zero attached hydrogens (tertiary/aromatic N) is 1. The fraction of sp³-hybridized carbons (Fsp3) is 0.333. The molecule has 0 aliphatic heterocycles. The predicted molar refractivity (Wildman–Crippen MR) is 62.3 cm³/mol. The SMILES string of the molecule is Cc1cc(C#N)ccc1CCN.O=C(O)C(F)(F)F. The fourth-order valence-corrected chi connectivity index (χ4v) is 1.20. The molecular formula is C12H13F3N2O2. The van der Waals surface area contributed by atoms with E-state index in [9.17, 15) is 13.2 Å². The Bertz CT molecular complexity index is 479. The van der Waals surface area contributed by atoms with Gasteiger partial charge in [0, 0.05) is 0 Å². The third kappa shape index (κ3) is 6.43. The number of carboxylic acid groups (broad SMARTS) is 1. The fourth-order valence-electron chi connectivity index (χ4n) is 1.20. The van der Waals surface area contributed by atoms with Crippen LogP contribution in [-0.2, 0) is 11.2 Å². The van der Waals surface area contributed by atoms with Crippen LogP contribution < -0.4 is 5.73 Å². The van der Waals surface area contributed by atoms with E-state index in [1.54, 1.807) is 0 Å². The third-order valence-corrected chi connectivity index (χ3v) is 2.13. The van der Waals surface area contributed by atoms with Crippen molar-refractivity contribution in [1.82, 2.24) is 0 Å². The zero-order chi connectivity index (χ0) is 15.1. The summed E-state index contributed by atoms with van der Waals surface area (Å²) in [4.78, 5) is 8.90. The normalized spacial score (nSPS) is 10.1. The van der Waals surface area contributed by atoms with Crippen molar-refractivity contribution >= 4 is 5.97 Å². The lowest BCUT2D eigenvalue weighted by Crippen LogP contribution is -2.21. The number of hydrogen-bond donors (Lipinski definition) is 2. The summed E-state index contributed by atoms with van der Waals surface area (Å²) in [6.07, 6.45) is -4.20. The molecule has 0 spiro atoms. The summed E-state index contributed by atoms with van der Waals surface area (Å²) in [5, 5.41) is 15.7. The predicted octanol–water partition coefficient (Wildman–Crippen LogP) is 2.00. The maximum atomic E-state index is 10.6. The van der Waals surface area contributed by atoms with Gasteiger partial charge in [0.25, 0.3) is 0 Å². The maximum absolute atomic E-state index is 10.6. The Morgan fingerprint density at radius 2 is 2.00 bits per heavy atom. The molecule has 4 nitrogen and oxygen atoms in total. The number of benzene rings is 1. The van der Waals surface area contributed by atoms with Gasteiger partial charge in [-0.05, 0) is 43.1 Å². The van der Waals surface area contributed by atoms with Gasteiger partial charge in [0.15, 0.2) is 0 Å². The van der Waals surface area contributed by atoms with Crippen LogP contribution in [0.3, 0.4) is 0 Å². The van der Waals surface area contributed by atoms with Gasteiger partial charge in [-0.15, -0.1) is 0 Å². The van der Waals surface area contributed by atoms with Crippen molar-refractivity contribution in [2.24, 2.45) is 5.73 Å². The van der Waals surface area contributed by atoms with Gasteiger partial charge in [-0.25, -0.2) is 4.79 Å². The van der Waals surface area contributed by atoms with Crippen molar-refractivity contribution in [1.29, 1.82) is 5.26 Å². The first-order chi connectivity index (χ1) is 8.72. The second-order valence-corrected chi connectivity index (χ2v) is 3.59. The lowest BCUT2D eigenvalue weighted by molar-refractivity contribution is -0.192. The summed E-state index contributed by atoms with van der Waals surface area (Å²) in [6.45, 7) is 2.67. The number of carboxylic acids is 1. The number of nitrogens with two attached hydrogens (primary N) is 1. The Morgan fingerprint density at radius 3 is 2.32 bits per heavy atom. The van der Waals surface area contributed by atoms with Crippen LogP contribution in [0.5, 0.6) is 0 Å². The first kappa shape index (κ1) is 16.9. The van der Waals surface area contributed by atoms with E-state index in [-0.39, 0.29) is 0 Å². The monoisotopic (exact) mass is 274 g/mol. The summed E-state index contributed by atoms with van der Waals surface area (Å²) in [5.41, 5.74) is 8.54. The van der Waals surface area contributed by atoms with Gasteiger partial charge in [0.1, 0.15) is 0 Å². The molecule has 0 atom stereocenters. The first-order valence-electron chi connectivity index (χ1n) is 5.22. The molecule has 0 amide bonds. The summed E-state index contributed by atoms with van der Waals surface area (Å²) in [7, 11) is 0. The topological polar surface area (TPSA) is 87.1 Å². The Kier molecular flexibility index (Phi) is 6.58. The molecule has 0 heterocycles. The molecule has 0 bridgehead atoms. The summed E-state index contributed by atoms with van der Waals surface area (Å²) < 4.78 is 31.7. The van der Waals surface area contributed by atoms with Crippen LogP contribution in [0, 0.1) is 18.3 Å². The van der Waals surface area contributed by atoms with Crippen molar-refractivity contribution in [2.45, 2.75) is 19.5 Å². The molecule has 104 valence electrons. The van der Waals surface area contributed by atoms with Gasteiger partial charge in [0.2, 0.25) is 0 Å². The van der Waals surface area contributed by atoms with Crippen molar-refractivity contribution in [3.05, 3.63) is 34.9 Å². The minimum absolute atomic E-state index is 0.659. The lowest BCUT2D eigenvalue weighted by atomic mass is 10.0.